The molecule has 0 spiro atoms. The number of carbonyl (C=O) groups is 1. The summed E-state index contributed by atoms with van der Waals surface area (Å²) in [7, 11) is 5.15. The number of nitrogens with zero attached hydrogens (tertiary/aromatic N) is 1. The Morgan fingerprint density at radius 3 is 2.53 bits per heavy atom. The van der Waals surface area contributed by atoms with Crippen molar-refractivity contribution in [3.05, 3.63) is 4.88 Å². The molecule has 0 saturated carbocycles. The maximum atomic E-state index is 12.1. The normalized spacial score (nSPS) is 10.8. The van der Waals surface area contributed by atoms with Crippen LogP contribution in [0.15, 0.2) is 0 Å². The van der Waals surface area contributed by atoms with E-state index in [1.54, 1.807) is 14.2 Å². The summed E-state index contributed by atoms with van der Waals surface area (Å²) in [6.07, 6.45) is 0. The minimum Gasteiger partial charge on any atom is -0.492 e. The van der Waals surface area contributed by atoms with Crippen molar-refractivity contribution in [3.8, 4) is 5.75 Å². The van der Waals surface area contributed by atoms with Gasteiger partial charge in [-0.1, -0.05) is 13.8 Å². The largest absolute Gasteiger partial charge is 0.492 e. The maximum Gasteiger partial charge on any atom is 0.177 e. The van der Waals surface area contributed by atoms with Gasteiger partial charge in [0.25, 0.3) is 0 Å². The molecular formula is C13H22N2O3S. The molecule has 1 aromatic rings. The van der Waals surface area contributed by atoms with E-state index in [-0.39, 0.29) is 11.7 Å². The van der Waals surface area contributed by atoms with Crippen molar-refractivity contribution < 1.29 is 14.3 Å². The Morgan fingerprint density at radius 2 is 2.05 bits per heavy atom. The number of nitrogens with two attached hydrogens (primary N) is 1. The number of methoxy groups -OCH3 is 2. The highest BCUT2D eigenvalue weighted by Crippen LogP contribution is 2.45. The molecule has 2 N–H and O–H groups in total. The van der Waals surface area contributed by atoms with Gasteiger partial charge >= 0.3 is 0 Å². The van der Waals surface area contributed by atoms with Crippen molar-refractivity contribution in [2.24, 2.45) is 5.92 Å². The molecule has 0 bridgehead atoms. The molecule has 19 heavy (non-hydrogen) atoms. The average molecular weight is 286 g/mol. The van der Waals surface area contributed by atoms with E-state index < -0.39 is 0 Å². The third kappa shape index (κ3) is 3.39. The van der Waals surface area contributed by atoms with E-state index in [1.165, 1.54) is 11.3 Å². The van der Waals surface area contributed by atoms with Crippen molar-refractivity contribution >= 4 is 27.8 Å². The van der Waals surface area contributed by atoms with E-state index in [0.29, 0.717) is 29.5 Å². The smallest absolute Gasteiger partial charge is 0.177 e. The first-order valence-corrected chi connectivity index (χ1v) is 6.96. The average Bonchev–Trinajstić information content (AvgIpc) is 2.71. The van der Waals surface area contributed by atoms with Crippen LogP contribution in [-0.2, 0) is 4.74 Å². The summed E-state index contributed by atoms with van der Waals surface area (Å²) in [6, 6.07) is 0. The van der Waals surface area contributed by atoms with Crippen LogP contribution in [0.4, 0.5) is 10.7 Å². The number of nitrogen functional groups attached to an aromatic ring is 1. The fraction of sp³-hybridized carbons (Fsp3) is 0.615. The lowest BCUT2D eigenvalue weighted by Crippen LogP contribution is -2.21. The fourth-order valence-corrected chi connectivity index (χ4v) is 2.91. The first-order valence-electron chi connectivity index (χ1n) is 6.14. The van der Waals surface area contributed by atoms with Crippen LogP contribution in [-0.4, -0.2) is 40.2 Å². The van der Waals surface area contributed by atoms with Crippen molar-refractivity contribution in [2.45, 2.75) is 13.8 Å². The Bertz CT molecular complexity index is 443. The summed E-state index contributed by atoms with van der Waals surface area (Å²) in [6.45, 7) is 5.04. The lowest BCUT2D eigenvalue weighted by molar-refractivity contribution is 0.0944. The van der Waals surface area contributed by atoms with Gasteiger partial charge in [0.2, 0.25) is 0 Å². The van der Waals surface area contributed by atoms with E-state index in [2.05, 4.69) is 0 Å². The molecule has 0 atom stereocenters. The monoisotopic (exact) mass is 286 g/mol. The zero-order valence-electron chi connectivity index (χ0n) is 12.1. The molecule has 0 radical (unpaired) electrons. The third-order valence-corrected chi connectivity index (χ3v) is 4.13. The SMILES string of the molecule is COCCN(C)c1sc(C(=O)C(C)C)c(N)c1OC. The van der Waals surface area contributed by atoms with Gasteiger partial charge in [-0.25, -0.2) is 0 Å². The summed E-state index contributed by atoms with van der Waals surface area (Å²) in [5, 5.41) is 0.862. The number of thiophene rings is 1. The van der Waals surface area contributed by atoms with Crippen molar-refractivity contribution in [1.82, 2.24) is 0 Å². The highest BCUT2D eigenvalue weighted by molar-refractivity contribution is 7.19. The second-order valence-corrected chi connectivity index (χ2v) is 5.62. The van der Waals surface area contributed by atoms with Crippen molar-refractivity contribution in [3.63, 3.8) is 0 Å². The molecular weight excluding hydrogens is 264 g/mol. The van der Waals surface area contributed by atoms with Gasteiger partial charge in [-0.15, -0.1) is 11.3 Å². The Kier molecular flexibility index (Phi) is 5.62. The zero-order chi connectivity index (χ0) is 14.6. The van der Waals surface area contributed by atoms with Crippen molar-refractivity contribution in [1.29, 1.82) is 0 Å². The number of carbonyl (C=O) groups excluding carboxylic acids is 1. The maximum absolute atomic E-state index is 12.1. The van der Waals surface area contributed by atoms with Crippen LogP contribution < -0.4 is 15.4 Å². The van der Waals surface area contributed by atoms with Gasteiger partial charge in [0.05, 0.1) is 24.3 Å². The van der Waals surface area contributed by atoms with Crippen LogP contribution >= 0.6 is 11.3 Å². The number of rotatable bonds is 7. The fourth-order valence-electron chi connectivity index (χ4n) is 1.64. The Labute approximate surface area is 118 Å². The van der Waals surface area contributed by atoms with E-state index >= 15 is 0 Å². The standard InChI is InChI=1S/C13H22N2O3S/c1-8(2)10(16)12-9(14)11(18-5)13(19-12)15(3)6-7-17-4/h8H,6-7,14H2,1-5H3. The summed E-state index contributed by atoms with van der Waals surface area (Å²) in [4.78, 5) is 14.7. The Morgan fingerprint density at radius 1 is 1.42 bits per heavy atom. The molecule has 108 valence electrons. The summed E-state index contributed by atoms with van der Waals surface area (Å²) < 4.78 is 10.4. The minimum atomic E-state index is -0.0808. The summed E-state index contributed by atoms with van der Waals surface area (Å²) in [5.41, 5.74) is 6.46. The quantitative estimate of drug-likeness (QED) is 0.779. The van der Waals surface area contributed by atoms with E-state index in [0.717, 1.165) is 5.00 Å². The molecule has 0 fully saturated rings. The first-order chi connectivity index (χ1) is 8.93. The molecule has 1 rings (SSSR count). The predicted molar refractivity (Wildman–Crippen MR) is 79.6 cm³/mol. The van der Waals surface area contributed by atoms with Crippen LogP contribution in [0.5, 0.6) is 5.75 Å². The number of likely N-dealkylation sites (N-methyl/N-ethyl adjacent to an activating group) is 1. The highest BCUT2D eigenvalue weighted by Gasteiger charge is 2.25. The number of hydrogen-bond acceptors (Lipinski definition) is 6. The first kappa shape index (κ1) is 15.8. The molecule has 0 aliphatic carbocycles. The van der Waals surface area contributed by atoms with Gasteiger partial charge in [0, 0.05) is 26.6 Å². The van der Waals surface area contributed by atoms with E-state index in [4.69, 9.17) is 15.2 Å². The van der Waals surface area contributed by atoms with Gasteiger partial charge in [-0.3, -0.25) is 4.79 Å². The number of Topliss-reactive ketones (excluding diaryl/α,β-unsaturated/α-hetero) is 1. The Hall–Kier alpha value is -1.27. The zero-order valence-corrected chi connectivity index (χ0v) is 13.0. The summed E-state index contributed by atoms with van der Waals surface area (Å²) in [5.74, 6) is 0.544. The lowest BCUT2D eigenvalue weighted by atomic mass is 10.1. The molecule has 6 heteroatoms. The van der Waals surface area contributed by atoms with Crippen LogP contribution in [0.1, 0.15) is 23.5 Å². The molecule has 0 saturated heterocycles. The number of ketones is 1. The topological polar surface area (TPSA) is 64.8 Å². The minimum absolute atomic E-state index is 0.0483. The molecule has 1 heterocycles. The van der Waals surface area contributed by atoms with Crippen LogP contribution in [0.3, 0.4) is 0 Å². The molecule has 0 unspecified atom stereocenters. The molecule has 0 aromatic carbocycles. The second-order valence-electron chi connectivity index (χ2n) is 4.62. The van der Waals surface area contributed by atoms with Gasteiger partial charge < -0.3 is 20.1 Å². The molecule has 5 nitrogen and oxygen atoms in total. The molecule has 0 amide bonds. The van der Waals surface area contributed by atoms with Gasteiger partial charge in [-0.05, 0) is 0 Å². The van der Waals surface area contributed by atoms with Crippen LogP contribution in [0.2, 0.25) is 0 Å². The summed E-state index contributed by atoms with van der Waals surface area (Å²) >= 11 is 1.38. The van der Waals surface area contributed by atoms with Crippen LogP contribution in [0.25, 0.3) is 0 Å². The number of hydrogen-bond donors (Lipinski definition) is 1. The van der Waals surface area contributed by atoms with Gasteiger partial charge in [0.15, 0.2) is 11.5 Å². The van der Waals surface area contributed by atoms with Gasteiger partial charge in [-0.2, -0.15) is 0 Å². The van der Waals surface area contributed by atoms with E-state index in [9.17, 15) is 4.79 Å². The number of ether oxygens (including phenoxy) is 2. The molecule has 0 aliphatic rings. The molecule has 1 aromatic heterocycles. The second kappa shape index (κ2) is 6.77. The predicted octanol–water partition coefficient (Wildman–Crippen LogP) is 2.26. The van der Waals surface area contributed by atoms with Gasteiger partial charge in [0.1, 0.15) is 5.00 Å². The number of anilines is 2. The third-order valence-electron chi connectivity index (χ3n) is 2.81. The molecule has 0 aliphatic heterocycles. The van der Waals surface area contributed by atoms with E-state index in [1.807, 2.05) is 25.8 Å². The lowest BCUT2D eigenvalue weighted by Gasteiger charge is -2.17. The van der Waals surface area contributed by atoms with Crippen LogP contribution in [0, 0.1) is 5.92 Å². The highest BCUT2D eigenvalue weighted by atomic mass is 32.1. The Balaban J connectivity index is 3.12. The van der Waals surface area contributed by atoms with Crippen molar-refractivity contribution in [2.75, 3.05) is 45.1 Å².